The van der Waals surface area contributed by atoms with Crippen LogP contribution in [0.25, 0.3) is 0 Å². The van der Waals surface area contributed by atoms with Gasteiger partial charge in [0.25, 0.3) is 0 Å². The number of halogens is 3. The molecule has 0 heterocycles. The van der Waals surface area contributed by atoms with Gasteiger partial charge in [-0.2, -0.15) is 0 Å². The molecule has 3 aromatic rings. The second-order valence-electron chi connectivity index (χ2n) is 9.20. The third-order valence-corrected chi connectivity index (χ3v) is 7.81. The first-order chi connectivity index (χ1) is 17.7. The van der Waals surface area contributed by atoms with Crippen LogP contribution >= 0.6 is 46.6 Å². The molecule has 1 N–H and O–H groups in total. The van der Waals surface area contributed by atoms with Crippen molar-refractivity contribution in [2.24, 2.45) is 5.92 Å². The highest BCUT2D eigenvalue weighted by molar-refractivity contribution is 7.99. The quantitative estimate of drug-likeness (QED) is 0.246. The summed E-state index contributed by atoms with van der Waals surface area (Å²) in [5, 5.41) is 4.55. The lowest BCUT2D eigenvalue weighted by Gasteiger charge is -2.32. The Morgan fingerprint density at radius 2 is 1.57 bits per heavy atom. The molecule has 0 aliphatic heterocycles. The standard InChI is InChI=1S/C29H31Cl3N2O2S/c1-20(2)16-33-29(36)27(15-21-8-4-3-5-9-21)34(17-22-12-13-25(31)26(32)14-22)28(35)19-37-18-23-10-6-7-11-24(23)30/h3-14,20,27H,15-19H2,1-2H3,(H,33,36)/t27-/m1/s1. The number of carbonyl (C=O) groups excluding carboxylic acids is 2. The van der Waals surface area contributed by atoms with Gasteiger partial charge in [-0.3, -0.25) is 9.59 Å². The summed E-state index contributed by atoms with van der Waals surface area (Å²) in [7, 11) is 0. The highest BCUT2D eigenvalue weighted by atomic mass is 35.5. The number of rotatable bonds is 12. The molecule has 0 aliphatic carbocycles. The van der Waals surface area contributed by atoms with Gasteiger partial charge in [-0.1, -0.05) is 103 Å². The summed E-state index contributed by atoms with van der Waals surface area (Å²) in [4.78, 5) is 28.8. The van der Waals surface area contributed by atoms with Crippen molar-refractivity contribution in [2.45, 2.75) is 38.6 Å². The number of amides is 2. The van der Waals surface area contributed by atoms with Crippen LogP contribution in [0.15, 0.2) is 72.8 Å². The second kappa shape index (κ2) is 14.7. The van der Waals surface area contributed by atoms with E-state index in [-0.39, 0.29) is 30.0 Å². The normalized spacial score (nSPS) is 11.8. The monoisotopic (exact) mass is 576 g/mol. The number of hydrogen-bond acceptors (Lipinski definition) is 3. The molecule has 0 saturated carbocycles. The van der Waals surface area contributed by atoms with Gasteiger partial charge in [-0.25, -0.2) is 0 Å². The Morgan fingerprint density at radius 1 is 0.865 bits per heavy atom. The van der Waals surface area contributed by atoms with Crippen LogP contribution in [0, 0.1) is 5.92 Å². The summed E-state index contributed by atoms with van der Waals surface area (Å²) >= 11 is 20.2. The van der Waals surface area contributed by atoms with Gasteiger partial charge in [0.1, 0.15) is 6.04 Å². The third-order valence-electron chi connectivity index (χ3n) is 5.73. The summed E-state index contributed by atoms with van der Waals surface area (Å²) in [6, 6.07) is 21.9. The highest BCUT2D eigenvalue weighted by Gasteiger charge is 2.30. The van der Waals surface area contributed by atoms with E-state index < -0.39 is 6.04 Å². The molecule has 3 aromatic carbocycles. The van der Waals surface area contributed by atoms with Crippen LogP contribution in [0.2, 0.25) is 15.1 Å². The number of hydrogen-bond donors (Lipinski definition) is 1. The van der Waals surface area contributed by atoms with Gasteiger partial charge in [0.15, 0.2) is 0 Å². The Balaban J connectivity index is 1.87. The summed E-state index contributed by atoms with van der Waals surface area (Å²) in [5.41, 5.74) is 2.74. The van der Waals surface area contributed by atoms with E-state index >= 15 is 0 Å². The van der Waals surface area contributed by atoms with Crippen molar-refractivity contribution in [3.63, 3.8) is 0 Å². The summed E-state index contributed by atoms with van der Waals surface area (Å²) < 4.78 is 0. The Morgan fingerprint density at radius 3 is 2.24 bits per heavy atom. The molecule has 0 aliphatic rings. The molecule has 0 fully saturated rings. The van der Waals surface area contributed by atoms with Crippen molar-refractivity contribution in [3.05, 3.63) is 105 Å². The van der Waals surface area contributed by atoms with Gasteiger partial charge in [0.05, 0.1) is 15.8 Å². The maximum atomic E-state index is 13.7. The second-order valence-corrected chi connectivity index (χ2v) is 11.4. The van der Waals surface area contributed by atoms with Gasteiger partial charge in [0, 0.05) is 30.3 Å². The van der Waals surface area contributed by atoms with Crippen LogP contribution in [0.1, 0.15) is 30.5 Å². The van der Waals surface area contributed by atoms with Crippen LogP contribution < -0.4 is 5.32 Å². The van der Waals surface area contributed by atoms with Crippen LogP contribution in [-0.2, 0) is 28.3 Å². The summed E-state index contributed by atoms with van der Waals surface area (Å²) in [5.74, 6) is 0.766. The largest absolute Gasteiger partial charge is 0.354 e. The molecule has 2 amide bonds. The fourth-order valence-electron chi connectivity index (χ4n) is 3.76. The minimum Gasteiger partial charge on any atom is -0.354 e. The molecular formula is C29H31Cl3N2O2S. The fourth-order valence-corrected chi connectivity index (χ4v) is 5.27. The van der Waals surface area contributed by atoms with Crippen molar-refractivity contribution in [1.29, 1.82) is 0 Å². The predicted molar refractivity (Wildman–Crippen MR) is 156 cm³/mol. The van der Waals surface area contributed by atoms with Gasteiger partial charge < -0.3 is 10.2 Å². The van der Waals surface area contributed by atoms with Crippen molar-refractivity contribution >= 4 is 58.4 Å². The molecule has 37 heavy (non-hydrogen) atoms. The Hall–Kier alpha value is -2.18. The first-order valence-electron chi connectivity index (χ1n) is 12.1. The minimum absolute atomic E-state index is 0.135. The van der Waals surface area contributed by atoms with E-state index in [1.807, 2.05) is 74.5 Å². The number of benzene rings is 3. The van der Waals surface area contributed by atoms with E-state index in [2.05, 4.69) is 5.32 Å². The SMILES string of the molecule is CC(C)CNC(=O)[C@@H](Cc1ccccc1)N(Cc1ccc(Cl)c(Cl)c1)C(=O)CSCc1ccccc1Cl. The summed E-state index contributed by atoms with van der Waals surface area (Å²) in [6.07, 6.45) is 0.396. The molecule has 0 unspecified atom stereocenters. The van der Waals surface area contributed by atoms with Crippen molar-refractivity contribution in [2.75, 3.05) is 12.3 Å². The highest BCUT2D eigenvalue weighted by Crippen LogP contribution is 2.25. The Labute approximate surface area is 238 Å². The van der Waals surface area contributed by atoms with Gasteiger partial charge in [0.2, 0.25) is 11.8 Å². The molecular weight excluding hydrogens is 547 g/mol. The van der Waals surface area contributed by atoms with Gasteiger partial charge >= 0.3 is 0 Å². The predicted octanol–water partition coefficient (Wildman–Crippen LogP) is 7.29. The molecule has 1 atom stereocenters. The molecule has 0 aromatic heterocycles. The van der Waals surface area contributed by atoms with Gasteiger partial charge in [-0.05, 0) is 40.8 Å². The zero-order valence-corrected chi connectivity index (χ0v) is 24.0. The topological polar surface area (TPSA) is 49.4 Å². The molecule has 196 valence electrons. The number of thioether (sulfide) groups is 1. The zero-order chi connectivity index (χ0) is 26.8. The van der Waals surface area contributed by atoms with E-state index in [9.17, 15) is 9.59 Å². The maximum absolute atomic E-state index is 13.7. The molecule has 8 heteroatoms. The van der Waals surface area contributed by atoms with E-state index in [1.165, 1.54) is 11.8 Å². The number of carbonyl (C=O) groups is 2. The zero-order valence-electron chi connectivity index (χ0n) is 20.9. The Kier molecular flexibility index (Phi) is 11.7. The van der Waals surface area contributed by atoms with Crippen LogP contribution in [-0.4, -0.2) is 35.1 Å². The molecule has 0 radical (unpaired) electrons. The van der Waals surface area contributed by atoms with E-state index in [0.717, 1.165) is 16.7 Å². The fraction of sp³-hybridized carbons (Fsp3) is 0.310. The molecule has 4 nitrogen and oxygen atoms in total. The van der Waals surface area contributed by atoms with Crippen molar-refractivity contribution < 1.29 is 9.59 Å². The van der Waals surface area contributed by atoms with Crippen LogP contribution in [0.3, 0.4) is 0 Å². The average molecular weight is 578 g/mol. The number of nitrogens with one attached hydrogen (secondary N) is 1. The lowest BCUT2D eigenvalue weighted by atomic mass is 10.0. The third kappa shape index (κ3) is 9.26. The number of nitrogens with zero attached hydrogens (tertiary/aromatic N) is 1. The Bertz CT molecular complexity index is 1190. The smallest absolute Gasteiger partial charge is 0.243 e. The molecule has 3 rings (SSSR count). The van der Waals surface area contributed by atoms with Crippen LogP contribution in [0.5, 0.6) is 0 Å². The van der Waals surface area contributed by atoms with Crippen LogP contribution in [0.4, 0.5) is 0 Å². The van der Waals surface area contributed by atoms with Gasteiger partial charge in [-0.15, -0.1) is 11.8 Å². The maximum Gasteiger partial charge on any atom is 0.243 e. The summed E-state index contributed by atoms with van der Waals surface area (Å²) in [6.45, 7) is 4.84. The van der Waals surface area contributed by atoms with Crippen molar-refractivity contribution in [3.8, 4) is 0 Å². The van der Waals surface area contributed by atoms with E-state index in [0.29, 0.717) is 33.8 Å². The lowest BCUT2D eigenvalue weighted by Crippen LogP contribution is -2.51. The van der Waals surface area contributed by atoms with Crippen molar-refractivity contribution in [1.82, 2.24) is 10.2 Å². The molecule has 0 bridgehead atoms. The first kappa shape index (κ1) is 29.4. The minimum atomic E-state index is -0.691. The molecule has 0 saturated heterocycles. The first-order valence-corrected chi connectivity index (χ1v) is 14.4. The lowest BCUT2D eigenvalue weighted by molar-refractivity contribution is -0.139. The van der Waals surface area contributed by atoms with E-state index in [1.54, 1.807) is 17.0 Å². The average Bonchev–Trinajstić information content (AvgIpc) is 2.88. The van der Waals surface area contributed by atoms with E-state index in [4.69, 9.17) is 34.8 Å². The molecule has 0 spiro atoms.